The maximum absolute atomic E-state index is 12.3. The molecule has 2 rings (SSSR count). The Morgan fingerprint density at radius 1 is 1.47 bits per heavy atom. The van der Waals surface area contributed by atoms with Crippen molar-refractivity contribution in [2.45, 2.75) is 40.2 Å². The Bertz CT molecular complexity index is 599. The van der Waals surface area contributed by atoms with Crippen molar-refractivity contribution in [1.82, 2.24) is 9.78 Å². The lowest BCUT2D eigenvalue weighted by atomic mass is 10.1. The molecule has 4 nitrogen and oxygen atoms in total. The lowest BCUT2D eigenvalue weighted by Crippen LogP contribution is -2.10. The van der Waals surface area contributed by atoms with Crippen LogP contribution in [0.5, 0.6) is 0 Å². The highest BCUT2D eigenvalue weighted by Crippen LogP contribution is 2.23. The minimum atomic E-state index is 0.0158. The van der Waals surface area contributed by atoms with Crippen LogP contribution in [0, 0.1) is 6.92 Å². The molecular formula is C14H17ClN2O2. The molecule has 0 N–H and O–H groups in total. The quantitative estimate of drug-likeness (QED) is 0.788. The molecule has 0 fully saturated rings. The Labute approximate surface area is 117 Å². The van der Waals surface area contributed by atoms with E-state index in [-0.39, 0.29) is 12.2 Å². The van der Waals surface area contributed by atoms with Gasteiger partial charge >= 0.3 is 0 Å². The number of halogens is 1. The van der Waals surface area contributed by atoms with Crippen LogP contribution in [0.1, 0.15) is 41.4 Å². The molecular weight excluding hydrogens is 264 g/mol. The van der Waals surface area contributed by atoms with Crippen molar-refractivity contribution in [2.24, 2.45) is 0 Å². The van der Waals surface area contributed by atoms with E-state index in [9.17, 15) is 4.79 Å². The van der Waals surface area contributed by atoms with Gasteiger partial charge in [0.25, 0.3) is 0 Å². The SMILES string of the molecule is CCc1occc1C(=O)Cc1c(Cl)c(C)nn1CC. The van der Waals surface area contributed by atoms with Gasteiger partial charge in [-0.15, -0.1) is 0 Å². The van der Waals surface area contributed by atoms with Crippen LogP contribution in [-0.2, 0) is 19.4 Å². The fourth-order valence-corrected chi connectivity index (χ4v) is 2.35. The number of hydrogen-bond acceptors (Lipinski definition) is 3. The van der Waals surface area contributed by atoms with Gasteiger partial charge in [-0.2, -0.15) is 5.10 Å². The van der Waals surface area contributed by atoms with E-state index in [1.807, 2.05) is 20.8 Å². The molecule has 0 aliphatic carbocycles. The predicted molar refractivity (Wildman–Crippen MR) is 73.8 cm³/mol. The third-order valence-corrected chi connectivity index (χ3v) is 3.64. The zero-order valence-electron chi connectivity index (χ0n) is 11.4. The van der Waals surface area contributed by atoms with Crippen molar-refractivity contribution >= 4 is 17.4 Å². The van der Waals surface area contributed by atoms with Gasteiger partial charge in [-0.1, -0.05) is 18.5 Å². The summed E-state index contributed by atoms with van der Waals surface area (Å²) >= 11 is 6.21. The molecule has 0 saturated heterocycles. The van der Waals surface area contributed by atoms with Crippen molar-refractivity contribution in [3.05, 3.63) is 40.1 Å². The molecule has 0 aliphatic heterocycles. The standard InChI is InChI=1S/C14H17ClN2O2/c1-4-13-10(6-7-19-13)12(18)8-11-14(15)9(3)16-17(11)5-2/h6-7H,4-5,8H2,1-3H3. The van der Waals surface area contributed by atoms with Crippen LogP contribution in [0.3, 0.4) is 0 Å². The van der Waals surface area contributed by atoms with Gasteiger partial charge in [0.1, 0.15) is 5.76 Å². The number of aromatic nitrogens is 2. The third-order valence-electron chi connectivity index (χ3n) is 3.15. The monoisotopic (exact) mass is 280 g/mol. The molecule has 0 aliphatic rings. The fraction of sp³-hybridized carbons (Fsp3) is 0.429. The van der Waals surface area contributed by atoms with Crippen molar-refractivity contribution in [1.29, 1.82) is 0 Å². The number of carbonyl (C=O) groups excluding carboxylic acids is 1. The van der Waals surface area contributed by atoms with Gasteiger partial charge in [0.15, 0.2) is 5.78 Å². The predicted octanol–water partition coefficient (Wildman–Crippen LogP) is 3.45. The summed E-state index contributed by atoms with van der Waals surface area (Å²) in [5, 5.41) is 4.90. The van der Waals surface area contributed by atoms with Gasteiger partial charge < -0.3 is 4.42 Å². The van der Waals surface area contributed by atoms with Gasteiger partial charge in [-0.3, -0.25) is 9.48 Å². The van der Waals surface area contributed by atoms with Crippen molar-refractivity contribution in [2.75, 3.05) is 0 Å². The first-order valence-corrected chi connectivity index (χ1v) is 6.77. The van der Waals surface area contributed by atoms with Crippen molar-refractivity contribution in [3.8, 4) is 0 Å². The summed E-state index contributed by atoms with van der Waals surface area (Å²) in [7, 11) is 0. The highest BCUT2D eigenvalue weighted by atomic mass is 35.5. The van der Waals surface area contributed by atoms with Crippen LogP contribution in [0.2, 0.25) is 5.02 Å². The van der Waals surface area contributed by atoms with Gasteiger partial charge in [-0.25, -0.2) is 0 Å². The average Bonchev–Trinajstić information content (AvgIpc) is 2.98. The molecule has 0 atom stereocenters. The average molecular weight is 281 g/mol. The van der Waals surface area contributed by atoms with Gasteiger partial charge in [0.2, 0.25) is 0 Å². The van der Waals surface area contributed by atoms with E-state index in [0.717, 1.165) is 17.1 Å². The van der Waals surface area contributed by atoms with E-state index in [0.29, 0.717) is 23.6 Å². The second kappa shape index (κ2) is 5.61. The summed E-state index contributed by atoms with van der Waals surface area (Å²) in [6.45, 7) is 6.48. The number of Topliss-reactive ketones (excluding diaryl/α,β-unsaturated/α-hetero) is 1. The highest BCUT2D eigenvalue weighted by molar-refractivity contribution is 6.32. The number of rotatable bonds is 5. The zero-order valence-corrected chi connectivity index (χ0v) is 12.1. The summed E-state index contributed by atoms with van der Waals surface area (Å²) < 4.78 is 7.07. The third kappa shape index (κ3) is 2.59. The number of furan rings is 1. The first-order chi connectivity index (χ1) is 9.08. The topological polar surface area (TPSA) is 48.0 Å². The Morgan fingerprint density at radius 3 is 2.84 bits per heavy atom. The molecule has 2 aromatic rings. The Morgan fingerprint density at radius 2 is 2.21 bits per heavy atom. The number of ketones is 1. The van der Waals surface area contributed by atoms with E-state index < -0.39 is 0 Å². The van der Waals surface area contributed by atoms with Crippen LogP contribution in [-0.4, -0.2) is 15.6 Å². The number of hydrogen-bond donors (Lipinski definition) is 0. The van der Waals surface area contributed by atoms with Gasteiger partial charge in [0, 0.05) is 13.0 Å². The molecule has 0 aromatic carbocycles. The summed E-state index contributed by atoms with van der Waals surface area (Å²) in [6.07, 6.45) is 2.50. The first kappa shape index (κ1) is 13.9. The normalized spacial score (nSPS) is 10.9. The second-order valence-corrected chi connectivity index (χ2v) is 4.75. The Kier molecular flexibility index (Phi) is 4.10. The fourth-order valence-electron chi connectivity index (χ4n) is 2.15. The first-order valence-electron chi connectivity index (χ1n) is 6.39. The van der Waals surface area contributed by atoms with Crippen LogP contribution >= 0.6 is 11.6 Å². The maximum Gasteiger partial charge on any atom is 0.172 e. The number of aryl methyl sites for hydroxylation is 3. The molecule has 0 spiro atoms. The molecule has 0 radical (unpaired) electrons. The van der Waals surface area contributed by atoms with E-state index in [4.69, 9.17) is 16.0 Å². The largest absolute Gasteiger partial charge is 0.469 e. The van der Waals surface area contributed by atoms with E-state index in [1.54, 1.807) is 17.0 Å². The molecule has 5 heteroatoms. The smallest absolute Gasteiger partial charge is 0.172 e. The Hall–Kier alpha value is -1.55. The van der Waals surface area contributed by atoms with Crippen molar-refractivity contribution in [3.63, 3.8) is 0 Å². The lowest BCUT2D eigenvalue weighted by molar-refractivity contribution is 0.0988. The molecule has 0 amide bonds. The van der Waals surface area contributed by atoms with E-state index >= 15 is 0 Å². The summed E-state index contributed by atoms with van der Waals surface area (Å²) in [5.74, 6) is 0.738. The molecule has 0 saturated carbocycles. The maximum atomic E-state index is 12.3. The van der Waals surface area contributed by atoms with E-state index in [1.165, 1.54) is 0 Å². The summed E-state index contributed by atoms with van der Waals surface area (Å²) in [5.41, 5.74) is 2.17. The second-order valence-electron chi connectivity index (χ2n) is 4.37. The summed E-state index contributed by atoms with van der Waals surface area (Å²) in [4.78, 5) is 12.3. The Balaban J connectivity index is 2.29. The van der Waals surface area contributed by atoms with E-state index in [2.05, 4.69) is 5.10 Å². The lowest BCUT2D eigenvalue weighted by Gasteiger charge is -2.04. The molecule has 19 heavy (non-hydrogen) atoms. The zero-order chi connectivity index (χ0) is 14.0. The van der Waals surface area contributed by atoms with Crippen molar-refractivity contribution < 1.29 is 9.21 Å². The summed E-state index contributed by atoms with van der Waals surface area (Å²) in [6, 6.07) is 1.72. The molecule has 102 valence electrons. The van der Waals surface area contributed by atoms with Gasteiger partial charge in [-0.05, 0) is 19.9 Å². The van der Waals surface area contributed by atoms with Crippen LogP contribution in [0.25, 0.3) is 0 Å². The molecule has 2 aromatic heterocycles. The minimum absolute atomic E-state index is 0.0158. The molecule has 2 heterocycles. The van der Waals surface area contributed by atoms with Gasteiger partial charge in [0.05, 0.1) is 34.7 Å². The number of carbonyl (C=O) groups is 1. The van der Waals surface area contributed by atoms with Crippen LogP contribution < -0.4 is 0 Å². The molecule has 0 unspecified atom stereocenters. The number of nitrogens with zero attached hydrogens (tertiary/aromatic N) is 2. The minimum Gasteiger partial charge on any atom is -0.469 e. The van der Waals surface area contributed by atoms with Crippen LogP contribution in [0.15, 0.2) is 16.7 Å². The van der Waals surface area contributed by atoms with Crippen LogP contribution in [0.4, 0.5) is 0 Å². The highest BCUT2D eigenvalue weighted by Gasteiger charge is 2.19. The molecule has 0 bridgehead atoms.